The van der Waals surface area contributed by atoms with E-state index < -0.39 is 6.10 Å². The van der Waals surface area contributed by atoms with E-state index in [1.54, 1.807) is 0 Å². The number of β-amino-alcohol motifs (C(OH)–C–C–N with tert-alkyl or cyclic N) is 1. The quantitative estimate of drug-likeness (QED) is 0.717. The molecule has 26 heavy (non-hydrogen) atoms. The van der Waals surface area contributed by atoms with Crippen LogP contribution in [0.2, 0.25) is 6.82 Å². The molecule has 146 valence electrons. The molecule has 0 radical (unpaired) electrons. The second-order valence-corrected chi connectivity index (χ2v) is 8.23. The van der Waals surface area contributed by atoms with Crippen molar-refractivity contribution in [2.45, 2.75) is 46.7 Å². The summed E-state index contributed by atoms with van der Waals surface area (Å²) in [6.45, 7) is 14.9. The fourth-order valence-electron chi connectivity index (χ4n) is 2.75. The molecule has 2 unspecified atom stereocenters. The maximum absolute atomic E-state index is 10.2. The van der Waals surface area contributed by atoms with Crippen LogP contribution in [0.5, 0.6) is 5.75 Å². The van der Waals surface area contributed by atoms with Gasteiger partial charge in [-0.1, -0.05) is 39.7 Å². The van der Waals surface area contributed by atoms with Crippen molar-refractivity contribution < 1.29 is 19.2 Å². The zero-order valence-corrected chi connectivity index (χ0v) is 16.9. The molecule has 1 aliphatic heterocycles. The van der Waals surface area contributed by atoms with Crippen molar-refractivity contribution in [2.24, 2.45) is 5.41 Å². The Morgan fingerprint density at radius 1 is 1.19 bits per heavy atom. The fraction of sp³-hybridized carbons (Fsp3) is 0.700. The Hall–Kier alpha value is -1.08. The van der Waals surface area contributed by atoms with Crippen molar-refractivity contribution in [1.82, 2.24) is 4.90 Å². The topological polar surface area (TPSA) is 51.2 Å². The lowest BCUT2D eigenvalue weighted by Gasteiger charge is -2.29. The molecule has 0 aliphatic carbocycles. The van der Waals surface area contributed by atoms with Crippen molar-refractivity contribution >= 4 is 12.4 Å². The van der Waals surface area contributed by atoms with Crippen LogP contribution in [-0.4, -0.2) is 68.6 Å². The van der Waals surface area contributed by atoms with Crippen molar-refractivity contribution in [3.05, 3.63) is 24.3 Å². The highest BCUT2D eigenvalue weighted by atomic mass is 16.5. The summed E-state index contributed by atoms with van der Waals surface area (Å²) < 4.78 is 17.2. The van der Waals surface area contributed by atoms with E-state index in [2.05, 4.69) is 39.4 Å². The number of hydrogen-bond acceptors (Lipinski definition) is 5. The van der Waals surface area contributed by atoms with Crippen LogP contribution in [0.1, 0.15) is 27.7 Å². The summed E-state index contributed by atoms with van der Waals surface area (Å²) in [5.74, 6) is 0.769. The molecule has 0 bridgehead atoms. The minimum atomic E-state index is -0.498. The molecule has 0 spiro atoms. The Bertz CT molecular complexity index is 526. The lowest BCUT2D eigenvalue weighted by Crippen LogP contribution is -2.42. The van der Waals surface area contributed by atoms with Gasteiger partial charge < -0.3 is 19.2 Å². The number of aliphatic hydroxyl groups is 1. The molecule has 1 aromatic rings. The second kappa shape index (κ2) is 9.74. The minimum absolute atomic E-state index is 0.0326. The highest BCUT2D eigenvalue weighted by Gasteiger charge is 2.24. The molecule has 2 rings (SSSR count). The SMILES string of the molecule is CB(OC(C)C(C)(C)C)c1ccc(OCC(O)CN2CCOCC2)cc1. The minimum Gasteiger partial charge on any atom is -0.491 e. The first-order chi connectivity index (χ1) is 12.3. The largest absolute Gasteiger partial charge is 0.491 e. The van der Waals surface area contributed by atoms with Crippen LogP contribution in [0.4, 0.5) is 0 Å². The number of rotatable bonds is 8. The summed E-state index contributed by atoms with van der Waals surface area (Å²) >= 11 is 0. The molecule has 1 aromatic carbocycles. The molecule has 0 amide bonds. The number of ether oxygens (including phenoxy) is 2. The summed E-state index contributed by atoms with van der Waals surface area (Å²) in [5, 5.41) is 10.2. The zero-order chi connectivity index (χ0) is 19.2. The van der Waals surface area contributed by atoms with Crippen LogP contribution in [-0.2, 0) is 9.39 Å². The molecule has 6 heteroatoms. The Kier molecular flexibility index (Phi) is 7.95. The molecule has 1 N–H and O–H groups in total. The standard InChI is InChI=1S/C20H34BNO4/c1-16(20(2,3)4)26-21(5)17-6-8-19(9-7-17)25-15-18(23)14-22-10-12-24-13-11-22/h6-9,16,18,23H,10-15H2,1-5H3. The van der Waals surface area contributed by atoms with E-state index in [0.717, 1.165) is 37.5 Å². The summed E-state index contributed by atoms with van der Waals surface area (Å²) in [5.41, 5.74) is 1.25. The van der Waals surface area contributed by atoms with E-state index in [9.17, 15) is 5.11 Å². The lowest BCUT2D eigenvalue weighted by atomic mass is 9.63. The first-order valence-electron chi connectivity index (χ1n) is 9.62. The van der Waals surface area contributed by atoms with Crippen molar-refractivity contribution in [3.63, 3.8) is 0 Å². The number of aliphatic hydroxyl groups excluding tert-OH is 1. The summed E-state index contributed by atoms with van der Waals surface area (Å²) in [6, 6.07) is 7.95. The maximum Gasteiger partial charge on any atom is 0.323 e. The zero-order valence-electron chi connectivity index (χ0n) is 16.9. The lowest BCUT2D eigenvalue weighted by molar-refractivity contribution is 0.00465. The van der Waals surface area contributed by atoms with Gasteiger partial charge in [0.15, 0.2) is 0 Å². The molecule has 1 aliphatic rings. The number of morpholine rings is 1. The predicted octanol–water partition coefficient (Wildman–Crippen LogP) is 2.04. The van der Waals surface area contributed by atoms with Gasteiger partial charge in [0.1, 0.15) is 18.5 Å². The van der Waals surface area contributed by atoms with E-state index in [0.29, 0.717) is 13.2 Å². The molecule has 1 heterocycles. The van der Waals surface area contributed by atoms with Gasteiger partial charge in [0.2, 0.25) is 0 Å². The summed E-state index contributed by atoms with van der Waals surface area (Å²) in [7, 11) is 0. The van der Waals surface area contributed by atoms with Gasteiger partial charge >= 0.3 is 6.92 Å². The van der Waals surface area contributed by atoms with Crippen molar-refractivity contribution in [3.8, 4) is 5.75 Å². The third kappa shape index (κ3) is 6.91. The monoisotopic (exact) mass is 363 g/mol. The maximum atomic E-state index is 10.2. The molecule has 5 nitrogen and oxygen atoms in total. The van der Waals surface area contributed by atoms with Crippen molar-refractivity contribution in [1.29, 1.82) is 0 Å². The van der Waals surface area contributed by atoms with Gasteiger partial charge in [0, 0.05) is 25.7 Å². The average molecular weight is 363 g/mol. The highest BCUT2D eigenvalue weighted by Crippen LogP contribution is 2.22. The Balaban J connectivity index is 1.77. The molecular formula is C20H34BNO4. The van der Waals surface area contributed by atoms with Gasteiger partial charge in [-0.25, -0.2) is 0 Å². The second-order valence-electron chi connectivity index (χ2n) is 8.23. The van der Waals surface area contributed by atoms with Crippen LogP contribution >= 0.6 is 0 Å². The van der Waals surface area contributed by atoms with Crippen molar-refractivity contribution in [2.75, 3.05) is 39.5 Å². The molecule has 1 fully saturated rings. The molecule has 0 saturated carbocycles. The van der Waals surface area contributed by atoms with Crippen LogP contribution < -0.4 is 10.2 Å². The highest BCUT2D eigenvalue weighted by molar-refractivity contribution is 6.66. The average Bonchev–Trinajstić information content (AvgIpc) is 2.60. The first kappa shape index (κ1) is 21.2. The van der Waals surface area contributed by atoms with Gasteiger partial charge in [0.05, 0.1) is 13.2 Å². The summed E-state index contributed by atoms with van der Waals surface area (Å²) in [4.78, 5) is 2.20. The van der Waals surface area contributed by atoms with Crippen LogP contribution in [0.15, 0.2) is 24.3 Å². The van der Waals surface area contributed by atoms with Gasteiger partial charge in [-0.3, -0.25) is 4.90 Å². The molecular weight excluding hydrogens is 329 g/mol. The fourth-order valence-corrected chi connectivity index (χ4v) is 2.75. The number of benzene rings is 1. The van der Waals surface area contributed by atoms with E-state index in [1.165, 1.54) is 0 Å². The molecule has 0 aromatic heterocycles. The smallest absolute Gasteiger partial charge is 0.323 e. The number of nitrogens with zero attached hydrogens (tertiary/aromatic N) is 1. The normalized spacial score (nSPS) is 18.4. The molecule has 1 saturated heterocycles. The van der Waals surface area contributed by atoms with E-state index in [1.807, 2.05) is 24.3 Å². The molecule has 2 atom stereocenters. The third-order valence-corrected chi connectivity index (χ3v) is 4.99. The summed E-state index contributed by atoms with van der Waals surface area (Å²) in [6.07, 6.45) is -0.327. The van der Waals surface area contributed by atoms with Gasteiger partial charge in [0.25, 0.3) is 0 Å². The Morgan fingerprint density at radius 2 is 1.81 bits per heavy atom. The third-order valence-electron chi connectivity index (χ3n) is 4.99. The predicted molar refractivity (Wildman–Crippen MR) is 106 cm³/mol. The number of hydrogen-bond donors (Lipinski definition) is 1. The van der Waals surface area contributed by atoms with E-state index >= 15 is 0 Å². The van der Waals surface area contributed by atoms with Gasteiger partial charge in [-0.15, -0.1) is 0 Å². The van der Waals surface area contributed by atoms with Gasteiger partial charge in [-0.05, 0) is 29.9 Å². The van der Waals surface area contributed by atoms with Crippen LogP contribution in [0, 0.1) is 5.41 Å². The van der Waals surface area contributed by atoms with E-state index in [-0.39, 0.29) is 18.4 Å². The Morgan fingerprint density at radius 3 is 2.38 bits per heavy atom. The van der Waals surface area contributed by atoms with Gasteiger partial charge in [-0.2, -0.15) is 0 Å². The first-order valence-corrected chi connectivity index (χ1v) is 9.62. The van der Waals surface area contributed by atoms with Crippen LogP contribution in [0.3, 0.4) is 0 Å². The van der Waals surface area contributed by atoms with E-state index in [4.69, 9.17) is 14.1 Å². The Labute approximate surface area is 158 Å². The van der Waals surface area contributed by atoms with Crippen LogP contribution in [0.25, 0.3) is 0 Å².